The number of hydrogen-bond acceptors (Lipinski definition) is 4. The van der Waals surface area contributed by atoms with Crippen LogP contribution in [0.15, 0.2) is 146 Å². The van der Waals surface area contributed by atoms with Crippen LogP contribution < -0.4 is 14.5 Å². The predicted octanol–water partition coefficient (Wildman–Crippen LogP) is 17.6. The van der Waals surface area contributed by atoms with E-state index in [9.17, 15) is 4.39 Å². The molecule has 358 valence electrons. The van der Waals surface area contributed by atoms with Gasteiger partial charge in [0.15, 0.2) is 0 Å². The summed E-state index contributed by atoms with van der Waals surface area (Å²) in [5.41, 5.74) is 16.2. The first kappa shape index (κ1) is 48.5. The molecule has 0 unspecified atom stereocenters. The summed E-state index contributed by atoms with van der Waals surface area (Å²) in [7, 11) is 0. The maximum absolute atomic E-state index is 14.2. The standard InChI is InChI=1S/C63H60FN4O.Pt/c1-39(2)51-34-43(42-23-25-45(64)26-24-42)35-52(40(3)4)61(51)67-38-66(56-29-22-41(5)31-58(56)67)46-32-44(60-53(62(6,7)8)18-16-19-54(60)63(9,10)11)33-48(36-46)69-47-27-28-50-49-17-12-13-20-55(49)68(57(50)37-47)59-21-14-15-30-65-59;/h12-35,38-40H,1-11H3;/q-3;. The van der Waals surface area contributed by atoms with Gasteiger partial charge in [-0.25, -0.2) is 9.37 Å². The molecular weight excluding hydrogens is 1040 g/mol. The molecular formula is C63H60FN4OPt-3. The summed E-state index contributed by atoms with van der Waals surface area (Å²) in [4.78, 5) is 9.42. The van der Waals surface area contributed by atoms with Crippen molar-refractivity contribution in [3.63, 3.8) is 0 Å². The van der Waals surface area contributed by atoms with Gasteiger partial charge in [-0.1, -0.05) is 135 Å². The SMILES string of the molecule is Cc1ccc2c(c1)N(c1c(C(C)C)cc(-c3ccc(F)cc3)cc1C(C)C)[CH-]N2c1[c-]c(Oc2[c-]c3c(cc2)c2ccccc2n3-c2ccccn2)cc(-c2c(C(C)(C)C)cccc2C(C)(C)C)c1.[Pt]. The average Bonchev–Trinajstić information content (AvgIpc) is 3.86. The number of hydrogen-bond donors (Lipinski definition) is 0. The van der Waals surface area contributed by atoms with Crippen LogP contribution in [0.3, 0.4) is 0 Å². The van der Waals surface area contributed by atoms with Crippen molar-refractivity contribution in [3.8, 4) is 39.6 Å². The van der Waals surface area contributed by atoms with Crippen LogP contribution in [0.2, 0.25) is 0 Å². The number of fused-ring (bicyclic) bond motifs is 4. The van der Waals surface area contributed by atoms with E-state index in [1.54, 1.807) is 12.1 Å². The van der Waals surface area contributed by atoms with E-state index < -0.39 is 0 Å². The zero-order valence-corrected chi connectivity index (χ0v) is 44.3. The number of ether oxygens (including phenoxy) is 1. The molecule has 2 aromatic heterocycles. The van der Waals surface area contributed by atoms with E-state index in [2.05, 4.69) is 200 Å². The van der Waals surface area contributed by atoms with Gasteiger partial charge in [0.1, 0.15) is 11.6 Å². The molecule has 10 rings (SSSR count). The van der Waals surface area contributed by atoms with Crippen LogP contribution in [0.1, 0.15) is 109 Å². The first-order chi connectivity index (χ1) is 32.9. The van der Waals surface area contributed by atoms with E-state index in [1.807, 2.05) is 42.6 Å². The molecule has 7 heteroatoms. The van der Waals surface area contributed by atoms with Crippen molar-refractivity contribution >= 4 is 44.6 Å². The van der Waals surface area contributed by atoms with Crippen LogP contribution in [-0.4, -0.2) is 9.55 Å². The Morgan fingerprint density at radius 2 is 1.27 bits per heavy atom. The number of halogens is 1. The van der Waals surface area contributed by atoms with Gasteiger partial charge in [0.2, 0.25) is 0 Å². The van der Waals surface area contributed by atoms with Gasteiger partial charge in [0.25, 0.3) is 0 Å². The Balaban J connectivity index is 0.00000608. The maximum atomic E-state index is 14.2. The largest absolute Gasteiger partial charge is 0.509 e. The van der Waals surface area contributed by atoms with Crippen LogP contribution in [0, 0.1) is 31.5 Å². The fourth-order valence-corrected chi connectivity index (χ4v) is 10.0. The van der Waals surface area contributed by atoms with E-state index in [1.165, 1.54) is 33.4 Å². The van der Waals surface area contributed by atoms with E-state index in [0.29, 0.717) is 11.5 Å². The van der Waals surface area contributed by atoms with Crippen LogP contribution >= 0.6 is 0 Å². The second-order valence-electron chi connectivity index (χ2n) is 21.2. The first-order valence-corrected chi connectivity index (χ1v) is 24.2. The molecule has 0 bridgehead atoms. The number of rotatable bonds is 9. The Hall–Kier alpha value is -6.49. The number of anilines is 4. The van der Waals surface area contributed by atoms with Crippen LogP contribution in [0.25, 0.3) is 49.9 Å². The Morgan fingerprint density at radius 3 is 1.91 bits per heavy atom. The third-order valence-electron chi connectivity index (χ3n) is 13.4. The molecule has 9 aromatic rings. The summed E-state index contributed by atoms with van der Waals surface area (Å²) in [5, 5.41) is 2.20. The Bertz CT molecular complexity index is 3330. The molecule has 0 spiro atoms. The summed E-state index contributed by atoms with van der Waals surface area (Å²) in [6.45, 7) is 27.2. The Kier molecular flexibility index (Phi) is 13.0. The monoisotopic (exact) mass is 1100 g/mol. The number of nitrogens with zero attached hydrogens (tertiary/aromatic N) is 4. The zero-order valence-electron chi connectivity index (χ0n) is 42.0. The van der Waals surface area contributed by atoms with Gasteiger partial charge in [-0.15, -0.1) is 53.6 Å². The topological polar surface area (TPSA) is 33.5 Å². The van der Waals surface area contributed by atoms with E-state index in [4.69, 9.17) is 9.72 Å². The second-order valence-corrected chi connectivity index (χ2v) is 21.2. The van der Waals surface area contributed by atoms with Gasteiger partial charge in [-0.05, 0) is 134 Å². The average molecular weight is 1100 g/mol. The molecule has 7 aromatic carbocycles. The molecule has 1 aliphatic heterocycles. The number of benzene rings is 7. The minimum Gasteiger partial charge on any atom is -0.509 e. The summed E-state index contributed by atoms with van der Waals surface area (Å²) >= 11 is 0. The molecule has 0 N–H and O–H groups in total. The molecule has 0 saturated carbocycles. The van der Waals surface area contributed by atoms with Crippen LogP contribution in [0.5, 0.6) is 11.5 Å². The summed E-state index contributed by atoms with van der Waals surface area (Å²) in [5.74, 6) is 2.12. The molecule has 0 amide bonds. The first-order valence-electron chi connectivity index (χ1n) is 24.2. The molecule has 0 aliphatic carbocycles. The van der Waals surface area contributed by atoms with Crippen molar-refractivity contribution in [3.05, 3.63) is 198 Å². The zero-order chi connectivity index (χ0) is 48.5. The molecule has 1 aliphatic rings. The van der Waals surface area contributed by atoms with Crippen molar-refractivity contribution in [2.45, 2.75) is 98.8 Å². The maximum Gasteiger partial charge on any atom is 0.135 e. The number of para-hydroxylation sites is 1. The van der Waals surface area contributed by atoms with Gasteiger partial charge in [-0.2, -0.15) is 6.07 Å². The van der Waals surface area contributed by atoms with Crippen molar-refractivity contribution in [1.29, 1.82) is 0 Å². The number of aryl methyl sites for hydroxylation is 1. The third-order valence-corrected chi connectivity index (χ3v) is 13.4. The van der Waals surface area contributed by atoms with Crippen molar-refractivity contribution < 1.29 is 30.2 Å². The second kappa shape index (κ2) is 18.7. The van der Waals surface area contributed by atoms with Gasteiger partial charge in [-0.3, -0.25) is 0 Å². The number of pyridine rings is 1. The minimum absolute atomic E-state index is 0. The van der Waals surface area contributed by atoms with E-state index in [-0.39, 0.29) is 49.5 Å². The normalized spacial score (nSPS) is 12.9. The van der Waals surface area contributed by atoms with E-state index in [0.717, 1.165) is 67.1 Å². The molecule has 3 heterocycles. The van der Waals surface area contributed by atoms with Crippen LogP contribution in [0.4, 0.5) is 27.1 Å². The van der Waals surface area contributed by atoms with E-state index >= 15 is 0 Å². The summed E-state index contributed by atoms with van der Waals surface area (Å²) in [6.07, 6.45) is 1.83. The van der Waals surface area contributed by atoms with Gasteiger partial charge in [0, 0.05) is 61.3 Å². The van der Waals surface area contributed by atoms with Crippen molar-refractivity contribution in [2.24, 2.45) is 0 Å². The van der Waals surface area contributed by atoms with Gasteiger partial charge >= 0.3 is 0 Å². The molecule has 0 radical (unpaired) electrons. The van der Waals surface area contributed by atoms with Crippen molar-refractivity contribution in [1.82, 2.24) is 9.55 Å². The fraction of sp³-hybridized carbons (Fsp3) is 0.238. The van der Waals surface area contributed by atoms with Crippen molar-refractivity contribution in [2.75, 3.05) is 9.80 Å². The molecule has 0 saturated heterocycles. The molecule has 0 atom stereocenters. The smallest absolute Gasteiger partial charge is 0.135 e. The Morgan fingerprint density at radius 1 is 0.600 bits per heavy atom. The summed E-state index contributed by atoms with van der Waals surface area (Å²) < 4.78 is 23.4. The molecule has 0 fully saturated rings. The van der Waals surface area contributed by atoms with Gasteiger partial charge < -0.3 is 19.1 Å². The quantitative estimate of drug-likeness (QED) is 0.135. The Labute approximate surface area is 428 Å². The summed E-state index contributed by atoms with van der Waals surface area (Å²) in [6, 6.07) is 55.3. The van der Waals surface area contributed by atoms with Gasteiger partial charge in [0.05, 0.1) is 0 Å². The van der Waals surface area contributed by atoms with Crippen LogP contribution in [-0.2, 0) is 31.9 Å². The number of aromatic nitrogens is 2. The third kappa shape index (κ3) is 8.96. The predicted molar refractivity (Wildman–Crippen MR) is 285 cm³/mol. The minimum atomic E-state index is -0.239. The molecule has 5 nitrogen and oxygen atoms in total. The fourth-order valence-electron chi connectivity index (χ4n) is 10.0. The molecule has 70 heavy (non-hydrogen) atoms.